The van der Waals surface area contributed by atoms with Crippen LogP contribution in [-0.2, 0) is 11.8 Å². The summed E-state index contributed by atoms with van der Waals surface area (Å²) in [5, 5.41) is 2.31. The number of anilines is 1. The largest absolute Gasteiger partial charge is 0.497 e. The summed E-state index contributed by atoms with van der Waals surface area (Å²) in [6.45, 7) is 3.35. The van der Waals surface area contributed by atoms with Crippen molar-refractivity contribution in [3.63, 3.8) is 0 Å². The number of aromatic nitrogens is 3. The van der Waals surface area contributed by atoms with Gasteiger partial charge in [0, 0.05) is 65.8 Å². The number of aromatic amines is 1. The monoisotopic (exact) mass is 362 g/mol. The number of hydrogen-bond acceptors (Lipinski definition) is 4. The zero-order valence-corrected chi connectivity index (χ0v) is 15.5. The minimum absolute atomic E-state index is 0.768. The highest BCUT2D eigenvalue weighted by Gasteiger charge is 2.18. The van der Waals surface area contributed by atoms with Crippen molar-refractivity contribution in [3.05, 3.63) is 42.7 Å². The molecule has 0 aliphatic carbocycles. The molecule has 0 radical (unpaired) electrons. The zero-order chi connectivity index (χ0) is 18.4. The number of rotatable bonds is 3. The number of nitrogens with zero attached hydrogens (tertiary/aromatic N) is 3. The van der Waals surface area contributed by atoms with Crippen LogP contribution in [0.2, 0.25) is 0 Å². The van der Waals surface area contributed by atoms with Crippen LogP contribution in [0, 0.1) is 0 Å². The van der Waals surface area contributed by atoms with Crippen LogP contribution in [-0.4, -0.2) is 47.9 Å². The SMILES string of the molecule is COc1ccc2c(c1)c(-c1cc3c(N4CCOCC4)ccnc3[nH]1)cn2C. The van der Waals surface area contributed by atoms with Gasteiger partial charge in [-0.1, -0.05) is 0 Å². The van der Waals surface area contributed by atoms with Crippen molar-refractivity contribution in [2.45, 2.75) is 0 Å². The first kappa shape index (κ1) is 16.2. The van der Waals surface area contributed by atoms with E-state index in [-0.39, 0.29) is 0 Å². The van der Waals surface area contributed by atoms with E-state index in [0.29, 0.717) is 0 Å². The fourth-order valence-corrected chi connectivity index (χ4v) is 3.95. The van der Waals surface area contributed by atoms with Gasteiger partial charge in [0.2, 0.25) is 0 Å². The molecule has 1 saturated heterocycles. The molecule has 1 N–H and O–H groups in total. The number of aryl methyl sites for hydroxylation is 1. The Kier molecular flexibility index (Phi) is 3.79. The number of ether oxygens (including phenoxy) is 2. The molecule has 5 rings (SSSR count). The van der Waals surface area contributed by atoms with E-state index in [9.17, 15) is 0 Å². The van der Waals surface area contributed by atoms with E-state index < -0.39 is 0 Å². The lowest BCUT2D eigenvalue weighted by molar-refractivity contribution is 0.123. The van der Waals surface area contributed by atoms with E-state index in [2.05, 4.69) is 56.9 Å². The maximum absolute atomic E-state index is 5.50. The second kappa shape index (κ2) is 6.32. The molecule has 0 amide bonds. The summed E-state index contributed by atoms with van der Waals surface area (Å²) in [5.41, 5.74) is 5.51. The highest BCUT2D eigenvalue weighted by Crippen LogP contribution is 2.35. The third-order valence-electron chi connectivity index (χ3n) is 5.35. The minimum atomic E-state index is 0.768. The lowest BCUT2D eigenvalue weighted by atomic mass is 10.1. The van der Waals surface area contributed by atoms with Crippen LogP contribution in [0.25, 0.3) is 33.2 Å². The number of morpholine rings is 1. The smallest absolute Gasteiger partial charge is 0.139 e. The van der Waals surface area contributed by atoms with Crippen LogP contribution in [0.1, 0.15) is 0 Å². The van der Waals surface area contributed by atoms with Gasteiger partial charge in [-0.2, -0.15) is 0 Å². The second-order valence-corrected chi connectivity index (χ2v) is 6.91. The van der Waals surface area contributed by atoms with E-state index >= 15 is 0 Å². The summed E-state index contributed by atoms with van der Waals surface area (Å²) in [7, 11) is 3.77. The van der Waals surface area contributed by atoms with Gasteiger partial charge in [-0.15, -0.1) is 0 Å². The van der Waals surface area contributed by atoms with Gasteiger partial charge in [0.15, 0.2) is 0 Å². The van der Waals surface area contributed by atoms with Crippen molar-refractivity contribution in [1.82, 2.24) is 14.5 Å². The van der Waals surface area contributed by atoms with Gasteiger partial charge in [0.25, 0.3) is 0 Å². The lowest BCUT2D eigenvalue weighted by Gasteiger charge is -2.29. The Morgan fingerprint density at radius 3 is 2.78 bits per heavy atom. The Balaban J connectivity index is 1.67. The summed E-state index contributed by atoms with van der Waals surface area (Å²) in [6, 6.07) is 10.5. The Morgan fingerprint density at radius 2 is 1.96 bits per heavy atom. The summed E-state index contributed by atoms with van der Waals surface area (Å²) in [5.74, 6) is 0.859. The van der Waals surface area contributed by atoms with E-state index in [1.54, 1.807) is 7.11 Å². The summed E-state index contributed by atoms with van der Waals surface area (Å²) in [4.78, 5) is 10.4. The first-order valence-electron chi connectivity index (χ1n) is 9.18. The fourth-order valence-electron chi connectivity index (χ4n) is 3.95. The number of benzene rings is 1. The lowest BCUT2D eigenvalue weighted by Crippen LogP contribution is -2.36. The molecule has 4 heterocycles. The predicted octanol–water partition coefficient (Wildman–Crippen LogP) is 3.57. The predicted molar refractivity (Wildman–Crippen MR) is 108 cm³/mol. The van der Waals surface area contributed by atoms with Gasteiger partial charge in [0.05, 0.1) is 20.3 Å². The Morgan fingerprint density at radius 1 is 1.11 bits per heavy atom. The third-order valence-corrected chi connectivity index (χ3v) is 5.35. The van der Waals surface area contributed by atoms with Gasteiger partial charge in [-0.3, -0.25) is 0 Å². The van der Waals surface area contributed by atoms with Gasteiger partial charge >= 0.3 is 0 Å². The van der Waals surface area contributed by atoms with Gasteiger partial charge in [0.1, 0.15) is 11.4 Å². The number of nitrogens with one attached hydrogen (secondary N) is 1. The van der Waals surface area contributed by atoms with Crippen molar-refractivity contribution in [3.8, 4) is 17.0 Å². The van der Waals surface area contributed by atoms with Crippen molar-refractivity contribution in [2.75, 3.05) is 38.3 Å². The molecule has 1 fully saturated rings. The molecule has 6 nitrogen and oxygen atoms in total. The zero-order valence-electron chi connectivity index (χ0n) is 15.5. The quantitative estimate of drug-likeness (QED) is 0.605. The maximum Gasteiger partial charge on any atom is 0.139 e. The number of hydrogen-bond donors (Lipinski definition) is 1. The highest BCUT2D eigenvalue weighted by atomic mass is 16.5. The van der Waals surface area contributed by atoms with Crippen LogP contribution >= 0.6 is 0 Å². The van der Waals surface area contributed by atoms with Crippen molar-refractivity contribution < 1.29 is 9.47 Å². The molecule has 4 aromatic rings. The van der Waals surface area contributed by atoms with Gasteiger partial charge < -0.3 is 23.9 Å². The van der Waals surface area contributed by atoms with Crippen LogP contribution in [0.5, 0.6) is 5.75 Å². The van der Waals surface area contributed by atoms with Crippen molar-refractivity contribution >= 4 is 27.6 Å². The fraction of sp³-hybridized carbons (Fsp3) is 0.286. The standard InChI is InChI=1S/C21H22N4O2/c1-24-13-17(15-11-14(26-2)3-4-19(15)24)18-12-16-20(5-6-22-21(16)23-18)25-7-9-27-10-8-25/h3-6,11-13H,7-10H2,1-2H3,(H,22,23). The van der Waals surface area contributed by atoms with Gasteiger partial charge in [-0.25, -0.2) is 4.98 Å². The highest BCUT2D eigenvalue weighted by molar-refractivity contribution is 6.00. The third kappa shape index (κ3) is 2.64. The molecule has 6 heteroatoms. The molecular formula is C21H22N4O2. The normalized spacial score (nSPS) is 15.0. The average molecular weight is 362 g/mol. The molecule has 0 bridgehead atoms. The Labute approximate surface area is 157 Å². The van der Waals surface area contributed by atoms with E-state index in [0.717, 1.165) is 59.7 Å². The number of H-pyrrole nitrogens is 1. The molecule has 1 aliphatic heterocycles. The van der Waals surface area contributed by atoms with Crippen molar-refractivity contribution in [2.24, 2.45) is 7.05 Å². The molecule has 0 unspecified atom stereocenters. The van der Waals surface area contributed by atoms with E-state index in [4.69, 9.17) is 9.47 Å². The topological polar surface area (TPSA) is 55.3 Å². The Bertz CT molecular complexity index is 1120. The molecule has 1 aliphatic rings. The van der Waals surface area contributed by atoms with Crippen LogP contribution < -0.4 is 9.64 Å². The molecule has 0 saturated carbocycles. The number of fused-ring (bicyclic) bond motifs is 2. The molecule has 138 valence electrons. The summed E-state index contributed by atoms with van der Waals surface area (Å²) >= 11 is 0. The maximum atomic E-state index is 5.50. The molecule has 0 atom stereocenters. The second-order valence-electron chi connectivity index (χ2n) is 6.91. The Hall–Kier alpha value is -2.99. The number of methoxy groups -OCH3 is 1. The minimum Gasteiger partial charge on any atom is -0.497 e. The van der Waals surface area contributed by atoms with Gasteiger partial charge in [-0.05, 0) is 30.3 Å². The number of pyridine rings is 1. The molecular weight excluding hydrogens is 340 g/mol. The molecule has 27 heavy (non-hydrogen) atoms. The molecule has 1 aromatic carbocycles. The summed E-state index contributed by atoms with van der Waals surface area (Å²) < 4.78 is 13.1. The summed E-state index contributed by atoms with van der Waals surface area (Å²) in [6.07, 6.45) is 4.03. The van der Waals surface area contributed by atoms with E-state index in [1.807, 2.05) is 12.3 Å². The molecule has 0 spiro atoms. The van der Waals surface area contributed by atoms with Crippen molar-refractivity contribution in [1.29, 1.82) is 0 Å². The average Bonchev–Trinajstić information content (AvgIpc) is 3.29. The first-order chi connectivity index (χ1) is 13.2. The van der Waals surface area contributed by atoms with E-state index in [1.165, 1.54) is 11.2 Å². The van der Waals surface area contributed by atoms with Crippen LogP contribution in [0.15, 0.2) is 42.7 Å². The van der Waals surface area contributed by atoms with Crippen LogP contribution in [0.3, 0.4) is 0 Å². The first-order valence-corrected chi connectivity index (χ1v) is 9.18. The molecule has 3 aromatic heterocycles. The van der Waals surface area contributed by atoms with Crippen LogP contribution in [0.4, 0.5) is 5.69 Å².